The normalized spacial score (nSPS) is 20.5. The predicted molar refractivity (Wildman–Crippen MR) is 132 cm³/mol. The lowest BCUT2D eigenvalue weighted by Crippen LogP contribution is -2.46. The minimum Gasteiger partial charge on any atom is -0.369 e. The lowest BCUT2D eigenvalue weighted by atomic mass is 9.96. The topological polar surface area (TPSA) is 113 Å². The van der Waals surface area contributed by atoms with Gasteiger partial charge in [-0.1, -0.05) is 42.5 Å². The van der Waals surface area contributed by atoms with Gasteiger partial charge in [-0.25, -0.2) is 8.42 Å². The molecule has 2 amide bonds. The number of hydrogen-bond donors (Lipinski definition) is 2. The second-order valence-electron chi connectivity index (χ2n) is 9.14. The van der Waals surface area contributed by atoms with Gasteiger partial charge in [0, 0.05) is 31.2 Å². The van der Waals surface area contributed by atoms with Crippen LogP contribution in [0.4, 0.5) is 5.69 Å². The Hall–Kier alpha value is -2.75. The Morgan fingerprint density at radius 1 is 0.971 bits per heavy atom. The molecule has 8 nitrogen and oxygen atoms in total. The van der Waals surface area contributed by atoms with Gasteiger partial charge in [-0.3, -0.25) is 19.4 Å². The first-order chi connectivity index (χ1) is 16.3. The molecule has 2 aromatic rings. The zero-order valence-corrected chi connectivity index (χ0v) is 20.0. The molecule has 2 aliphatic heterocycles. The number of piperidine rings is 1. The molecule has 1 unspecified atom stereocenters. The molecule has 9 heteroatoms. The number of nitrogens with zero attached hydrogens (tertiary/aromatic N) is 2. The van der Waals surface area contributed by atoms with Gasteiger partial charge >= 0.3 is 0 Å². The molecular weight excluding hydrogens is 452 g/mol. The number of likely N-dealkylation sites (tertiary alicyclic amines) is 1. The third-order valence-electron chi connectivity index (χ3n) is 6.70. The molecule has 0 radical (unpaired) electrons. The van der Waals surface area contributed by atoms with E-state index < -0.39 is 15.9 Å². The first kappa shape index (κ1) is 24.4. The highest BCUT2D eigenvalue weighted by atomic mass is 32.2. The summed E-state index contributed by atoms with van der Waals surface area (Å²) in [5.74, 6) is -0.313. The van der Waals surface area contributed by atoms with E-state index >= 15 is 0 Å². The highest BCUT2D eigenvalue weighted by Gasteiger charge is 2.32. The molecule has 4 rings (SSSR count). The van der Waals surface area contributed by atoms with Crippen molar-refractivity contribution in [3.05, 3.63) is 65.7 Å². The van der Waals surface area contributed by atoms with E-state index in [9.17, 15) is 18.0 Å². The maximum absolute atomic E-state index is 13.4. The molecule has 2 fully saturated rings. The average molecular weight is 485 g/mol. The first-order valence-corrected chi connectivity index (χ1v) is 13.5. The summed E-state index contributed by atoms with van der Waals surface area (Å²) in [6.07, 6.45) is 1.55. The van der Waals surface area contributed by atoms with Crippen molar-refractivity contribution in [3.63, 3.8) is 0 Å². The Morgan fingerprint density at radius 2 is 1.65 bits per heavy atom. The van der Waals surface area contributed by atoms with E-state index in [2.05, 4.69) is 10.2 Å². The Morgan fingerprint density at radius 3 is 2.29 bits per heavy atom. The van der Waals surface area contributed by atoms with Crippen LogP contribution in [0.5, 0.6) is 0 Å². The Labute approximate surface area is 201 Å². The van der Waals surface area contributed by atoms with Gasteiger partial charge in [0.2, 0.25) is 11.8 Å². The van der Waals surface area contributed by atoms with E-state index in [1.807, 2.05) is 59.5 Å². The summed E-state index contributed by atoms with van der Waals surface area (Å²) in [7, 11) is -3.05. The van der Waals surface area contributed by atoms with Crippen LogP contribution in [0.2, 0.25) is 0 Å². The lowest BCUT2D eigenvalue weighted by molar-refractivity contribution is -0.123. The van der Waals surface area contributed by atoms with Gasteiger partial charge in [-0.15, -0.1) is 0 Å². The minimum atomic E-state index is -3.05. The summed E-state index contributed by atoms with van der Waals surface area (Å²) in [4.78, 5) is 29.1. The molecule has 2 saturated heterocycles. The summed E-state index contributed by atoms with van der Waals surface area (Å²) in [6.45, 7) is 3.03. The van der Waals surface area contributed by atoms with Crippen molar-refractivity contribution >= 4 is 27.3 Å². The van der Waals surface area contributed by atoms with Crippen molar-refractivity contribution in [2.75, 3.05) is 43.0 Å². The van der Waals surface area contributed by atoms with Crippen LogP contribution in [-0.4, -0.2) is 67.7 Å². The van der Waals surface area contributed by atoms with E-state index in [1.165, 1.54) is 0 Å². The molecule has 0 saturated carbocycles. The van der Waals surface area contributed by atoms with Gasteiger partial charge in [0.1, 0.15) is 6.04 Å². The summed E-state index contributed by atoms with van der Waals surface area (Å²) in [5, 5.41) is 3.05. The highest BCUT2D eigenvalue weighted by molar-refractivity contribution is 7.91. The fraction of sp³-hybridized carbons (Fsp3) is 0.440. The van der Waals surface area contributed by atoms with Gasteiger partial charge in [-0.2, -0.15) is 0 Å². The summed E-state index contributed by atoms with van der Waals surface area (Å²) in [6, 6.07) is 16.7. The minimum absolute atomic E-state index is 0.0402. The van der Waals surface area contributed by atoms with E-state index in [0.717, 1.165) is 43.6 Å². The number of amides is 2. The lowest BCUT2D eigenvalue weighted by Gasteiger charge is -2.33. The molecule has 2 aliphatic rings. The van der Waals surface area contributed by atoms with E-state index in [0.29, 0.717) is 18.8 Å². The third-order valence-corrected chi connectivity index (χ3v) is 8.31. The maximum atomic E-state index is 13.4. The van der Waals surface area contributed by atoms with Gasteiger partial charge < -0.3 is 11.1 Å². The standard InChI is InChI=1S/C25H32N4O4S/c26-24(30)21-9-11-28(12-10-21)18-19-5-4-8-22(17-19)27-25(31)23(20-6-2-1-3-7-20)29-13-15-34(32,33)16-14-29/h1-8,17,21,23H,9-16,18H2,(H2,26,30)(H,27,31). The van der Waals surface area contributed by atoms with Gasteiger partial charge in [-0.05, 0) is 49.2 Å². The van der Waals surface area contributed by atoms with Crippen LogP contribution >= 0.6 is 0 Å². The maximum Gasteiger partial charge on any atom is 0.246 e. The number of anilines is 1. The monoisotopic (exact) mass is 484 g/mol. The molecule has 2 heterocycles. The van der Waals surface area contributed by atoms with Gasteiger partial charge in [0.05, 0.1) is 11.5 Å². The molecular formula is C25H32N4O4S. The number of benzene rings is 2. The van der Waals surface area contributed by atoms with E-state index in [4.69, 9.17) is 5.73 Å². The molecule has 0 spiro atoms. The molecule has 1 atom stereocenters. The largest absolute Gasteiger partial charge is 0.369 e. The predicted octanol–water partition coefficient (Wildman–Crippen LogP) is 1.79. The zero-order valence-electron chi connectivity index (χ0n) is 19.2. The first-order valence-electron chi connectivity index (χ1n) is 11.7. The van der Waals surface area contributed by atoms with Gasteiger partial charge in [0.25, 0.3) is 0 Å². The summed E-state index contributed by atoms with van der Waals surface area (Å²) in [5.41, 5.74) is 8.06. The van der Waals surface area contributed by atoms with Crippen molar-refractivity contribution in [1.82, 2.24) is 9.80 Å². The SMILES string of the molecule is NC(=O)C1CCN(Cc2cccc(NC(=O)C(c3ccccc3)N3CCS(=O)(=O)CC3)c2)CC1. The van der Waals surface area contributed by atoms with Crippen LogP contribution in [0.15, 0.2) is 54.6 Å². The zero-order chi connectivity index (χ0) is 24.1. The van der Waals surface area contributed by atoms with Crippen LogP contribution in [-0.2, 0) is 26.0 Å². The number of sulfone groups is 1. The fourth-order valence-electron chi connectivity index (χ4n) is 4.74. The van der Waals surface area contributed by atoms with Crippen molar-refractivity contribution in [3.8, 4) is 0 Å². The van der Waals surface area contributed by atoms with E-state index in [-0.39, 0.29) is 29.2 Å². The highest BCUT2D eigenvalue weighted by Crippen LogP contribution is 2.26. The molecule has 3 N–H and O–H groups in total. The number of primary amides is 1. The Kier molecular flexibility index (Phi) is 7.65. The molecule has 0 aliphatic carbocycles. The molecule has 2 aromatic carbocycles. The smallest absolute Gasteiger partial charge is 0.246 e. The number of carbonyl (C=O) groups is 2. The average Bonchev–Trinajstić information content (AvgIpc) is 2.82. The Bertz CT molecular complexity index is 1100. The fourth-order valence-corrected chi connectivity index (χ4v) is 5.97. The Balaban J connectivity index is 1.44. The number of nitrogens with two attached hydrogens (primary N) is 1. The van der Waals surface area contributed by atoms with E-state index in [1.54, 1.807) is 0 Å². The van der Waals surface area contributed by atoms with Gasteiger partial charge in [0.15, 0.2) is 9.84 Å². The summed E-state index contributed by atoms with van der Waals surface area (Å²) < 4.78 is 23.8. The van der Waals surface area contributed by atoms with Crippen molar-refractivity contribution in [2.45, 2.75) is 25.4 Å². The van der Waals surface area contributed by atoms with Crippen LogP contribution < -0.4 is 11.1 Å². The van der Waals surface area contributed by atoms with Crippen LogP contribution in [0.1, 0.15) is 30.0 Å². The second kappa shape index (κ2) is 10.7. The molecule has 0 aromatic heterocycles. The van der Waals surface area contributed by atoms with Crippen LogP contribution in [0.3, 0.4) is 0 Å². The van der Waals surface area contributed by atoms with Crippen molar-refractivity contribution < 1.29 is 18.0 Å². The van der Waals surface area contributed by atoms with Crippen LogP contribution in [0.25, 0.3) is 0 Å². The third kappa shape index (κ3) is 6.22. The number of hydrogen-bond acceptors (Lipinski definition) is 6. The van der Waals surface area contributed by atoms with Crippen molar-refractivity contribution in [2.24, 2.45) is 11.7 Å². The molecule has 0 bridgehead atoms. The number of carbonyl (C=O) groups excluding carboxylic acids is 2. The number of rotatable bonds is 7. The van der Waals surface area contributed by atoms with Crippen molar-refractivity contribution in [1.29, 1.82) is 0 Å². The molecule has 182 valence electrons. The summed E-state index contributed by atoms with van der Waals surface area (Å²) >= 11 is 0. The molecule has 34 heavy (non-hydrogen) atoms. The quantitative estimate of drug-likeness (QED) is 0.620. The number of nitrogens with one attached hydrogen (secondary N) is 1. The van der Waals surface area contributed by atoms with Crippen LogP contribution in [0, 0.1) is 5.92 Å². The second-order valence-corrected chi connectivity index (χ2v) is 11.4.